The molecule has 2 heteroatoms. The maximum absolute atomic E-state index is 12.2. The number of carbonyl (C=O) groups is 1. The van der Waals surface area contributed by atoms with Crippen molar-refractivity contribution in [3.8, 4) is 0 Å². The molecule has 3 atom stereocenters. The Morgan fingerprint density at radius 3 is 2.47 bits per heavy atom. The van der Waals surface area contributed by atoms with Crippen molar-refractivity contribution >= 4 is 5.78 Å². The molecule has 0 bridgehead atoms. The number of carbonyl (C=O) groups excluding carboxylic acids is 1. The third kappa shape index (κ3) is 2.58. The maximum atomic E-state index is 12.2. The van der Waals surface area contributed by atoms with Gasteiger partial charge in [0.05, 0.1) is 0 Å². The van der Waals surface area contributed by atoms with Crippen LogP contribution in [-0.4, -0.2) is 19.0 Å². The lowest BCUT2D eigenvalue weighted by molar-refractivity contribution is -0.132. The molecule has 1 fully saturated rings. The zero-order chi connectivity index (χ0) is 12.4. The second-order valence-corrected chi connectivity index (χ2v) is 5.16. The number of methoxy groups -OCH3 is 1. The van der Waals surface area contributed by atoms with Crippen LogP contribution in [0.25, 0.3) is 0 Å². The van der Waals surface area contributed by atoms with E-state index in [0.717, 1.165) is 6.42 Å². The number of Topliss-reactive ketones (excluding diaryl/α,β-unsaturated/α-hetero) is 1. The van der Waals surface area contributed by atoms with Crippen molar-refractivity contribution in [1.82, 2.24) is 0 Å². The molecule has 1 aromatic rings. The fraction of sp³-hybridized carbons (Fsp3) is 0.533. The summed E-state index contributed by atoms with van der Waals surface area (Å²) >= 11 is 0. The lowest BCUT2D eigenvalue weighted by Gasteiger charge is -2.17. The van der Waals surface area contributed by atoms with E-state index in [1.165, 1.54) is 5.56 Å². The van der Waals surface area contributed by atoms with Crippen molar-refractivity contribution < 1.29 is 9.53 Å². The van der Waals surface area contributed by atoms with Crippen LogP contribution >= 0.6 is 0 Å². The minimum absolute atomic E-state index is 0.171. The summed E-state index contributed by atoms with van der Waals surface area (Å²) in [5, 5.41) is 0. The zero-order valence-electron chi connectivity index (χ0n) is 10.7. The van der Waals surface area contributed by atoms with Crippen molar-refractivity contribution in [2.24, 2.45) is 11.8 Å². The number of benzene rings is 1. The molecule has 0 aliphatic heterocycles. The molecule has 2 rings (SSSR count). The van der Waals surface area contributed by atoms with Crippen LogP contribution in [0.15, 0.2) is 30.3 Å². The van der Waals surface area contributed by atoms with Crippen LogP contribution in [0, 0.1) is 11.8 Å². The first-order chi connectivity index (χ1) is 8.15. The fourth-order valence-electron chi connectivity index (χ4n) is 2.51. The van der Waals surface area contributed by atoms with Gasteiger partial charge in [-0.05, 0) is 23.8 Å². The summed E-state index contributed by atoms with van der Waals surface area (Å²) < 4.78 is 5.31. The Balaban J connectivity index is 2.01. The average molecular weight is 232 g/mol. The van der Waals surface area contributed by atoms with Gasteiger partial charge in [0, 0.05) is 13.0 Å². The molecule has 0 N–H and O–H groups in total. The van der Waals surface area contributed by atoms with Crippen molar-refractivity contribution in [2.75, 3.05) is 7.11 Å². The molecule has 92 valence electrons. The summed E-state index contributed by atoms with van der Waals surface area (Å²) in [7, 11) is 1.63. The van der Waals surface area contributed by atoms with E-state index in [0.29, 0.717) is 5.92 Å². The molecule has 17 heavy (non-hydrogen) atoms. The lowest BCUT2D eigenvalue weighted by atomic mass is 9.98. The topological polar surface area (TPSA) is 26.3 Å². The second-order valence-electron chi connectivity index (χ2n) is 5.16. The smallest absolute Gasteiger partial charge is 0.165 e. The van der Waals surface area contributed by atoms with Gasteiger partial charge in [-0.15, -0.1) is 0 Å². The van der Waals surface area contributed by atoms with Crippen LogP contribution in [0.3, 0.4) is 0 Å². The van der Waals surface area contributed by atoms with E-state index in [1.807, 2.05) is 32.0 Å². The fourth-order valence-corrected chi connectivity index (χ4v) is 2.51. The summed E-state index contributed by atoms with van der Waals surface area (Å²) in [6.07, 6.45) is 0.740. The minimum atomic E-state index is -0.242. The van der Waals surface area contributed by atoms with Gasteiger partial charge in [0.1, 0.15) is 6.10 Å². The minimum Gasteiger partial charge on any atom is -0.373 e. The third-order valence-corrected chi connectivity index (χ3v) is 3.52. The predicted octanol–water partition coefficient (Wildman–Crippen LogP) is 3.03. The molecular weight excluding hydrogens is 212 g/mol. The van der Waals surface area contributed by atoms with Gasteiger partial charge < -0.3 is 4.74 Å². The molecular formula is C15H20O2. The Hall–Kier alpha value is -1.15. The van der Waals surface area contributed by atoms with Crippen molar-refractivity contribution in [3.63, 3.8) is 0 Å². The first-order valence-electron chi connectivity index (χ1n) is 6.26. The van der Waals surface area contributed by atoms with Gasteiger partial charge in [-0.1, -0.05) is 44.2 Å². The van der Waals surface area contributed by atoms with Crippen LogP contribution in [0.2, 0.25) is 0 Å². The first kappa shape index (κ1) is 12.3. The quantitative estimate of drug-likeness (QED) is 0.780. The largest absolute Gasteiger partial charge is 0.373 e. The molecule has 0 heterocycles. The molecule has 1 saturated carbocycles. The Morgan fingerprint density at radius 1 is 1.29 bits per heavy atom. The van der Waals surface area contributed by atoms with Crippen LogP contribution in [0.5, 0.6) is 0 Å². The molecule has 1 aliphatic rings. The highest BCUT2D eigenvalue weighted by Crippen LogP contribution is 2.48. The molecule has 1 aliphatic carbocycles. The van der Waals surface area contributed by atoms with Crippen LogP contribution in [-0.2, 0) is 9.53 Å². The molecule has 1 aromatic carbocycles. The monoisotopic (exact) mass is 232 g/mol. The summed E-state index contributed by atoms with van der Waals surface area (Å²) in [4.78, 5) is 12.2. The number of rotatable bonds is 5. The third-order valence-electron chi connectivity index (χ3n) is 3.52. The maximum Gasteiger partial charge on any atom is 0.165 e. The van der Waals surface area contributed by atoms with Gasteiger partial charge in [-0.2, -0.15) is 0 Å². The lowest BCUT2D eigenvalue weighted by Crippen LogP contribution is -2.30. The van der Waals surface area contributed by atoms with Crippen LogP contribution in [0.4, 0.5) is 0 Å². The van der Waals surface area contributed by atoms with E-state index >= 15 is 0 Å². The van der Waals surface area contributed by atoms with Gasteiger partial charge in [-0.3, -0.25) is 4.79 Å². The molecule has 2 nitrogen and oxygen atoms in total. The van der Waals surface area contributed by atoms with Gasteiger partial charge in [0.15, 0.2) is 5.78 Å². The summed E-state index contributed by atoms with van der Waals surface area (Å²) in [6, 6.07) is 10.3. The Labute approximate surface area is 103 Å². The van der Waals surface area contributed by atoms with Gasteiger partial charge in [-0.25, -0.2) is 0 Å². The van der Waals surface area contributed by atoms with Crippen LogP contribution in [0.1, 0.15) is 31.7 Å². The van der Waals surface area contributed by atoms with E-state index < -0.39 is 0 Å². The van der Waals surface area contributed by atoms with Crippen molar-refractivity contribution in [3.05, 3.63) is 35.9 Å². The van der Waals surface area contributed by atoms with Crippen molar-refractivity contribution in [2.45, 2.75) is 32.3 Å². The highest BCUT2D eigenvalue weighted by atomic mass is 16.5. The summed E-state index contributed by atoms with van der Waals surface area (Å²) in [6.45, 7) is 4.07. The van der Waals surface area contributed by atoms with Gasteiger partial charge >= 0.3 is 0 Å². The highest BCUT2D eigenvalue weighted by Gasteiger charge is 2.46. The Morgan fingerprint density at radius 2 is 1.94 bits per heavy atom. The first-order valence-corrected chi connectivity index (χ1v) is 6.26. The van der Waals surface area contributed by atoms with Crippen molar-refractivity contribution in [1.29, 1.82) is 0 Å². The number of ether oxygens (including phenoxy) is 1. The molecule has 3 unspecified atom stereocenters. The SMILES string of the molecule is COC(C(=O)C1CC1c1ccccc1)C(C)C. The second kappa shape index (κ2) is 5.01. The number of hydrogen-bond acceptors (Lipinski definition) is 2. The molecule has 0 radical (unpaired) electrons. The highest BCUT2D eigenvalue weighted by molar-refractivity contribution is 5.89. The number of ketones is 1. The van der Waals surface area contributed by atoms with Crippen LogP contribution < -0.4 is 0 Å². The van der Waals surface area contributed by atoms with E-state index in [9.17, 15) is 4.79 Å². The van der Waals surface area contributed by atoms with E-state index in [1.54, 1.807) is 7.11 Å². The Kier molecular flexibility index (Phi) is 3.63. The average Bonchev–Trinajstić information content (AvgIpc) is 3.10. The number of hydrogen-bond donors (Lipinski definition) is 0. The van der Waals surface area contributed by atoms with E-state index in [4.69, 9.17) is 4.74 Å². The molecule has 0 saturated heterocycles. The van der Waals surface area contributed by atoms with Gasteiger partial charge in [0.25, 0.3) is 0 Å². The summed E-state index contributed by atoms with van der Waals surface area (Å²) in [5.41, 5.74) is 1.28. The predicted molar refractivity (Wildman–Crippen MR) is 67.9 cm³/mol. The summed E-state index contributed by atoms with van der Waals surface area (Å²) in [5.74, 6) is 1.12. The molecule has 0 aromatic heterocycles. The Bertz CT molecular complexity index is 383. The normalized spacial score (nSPS) is 24.7. The zero-order valence-corrected chi connectivity index (χ0v) is 10.7. The van der Waals surface area contributed by atoms with E-state index in [-0.39, 0.29) is 23.7 Å². The standard InChI is InChI=1S/C15H20O2/c1-10(2)15(17-3)14(16)13-9-12(13)11-7-5-4-6-8-11/h4-8,10,12-13,15H,9H2,1-3H3. The van der Waals surface area contributed by atoms with Gasteiger partial charge in [0.2, 0.25) is 0 Å². The van der Waals surface area contributed by atoms with E-state index in [2.05, 4.69) is 12.1 Å². The molecule has 0 amide bonds. The molecule has 0 spiro atoms.